The minimum Gasteiger partial charge on any atom is -0.384 e. The number of carbonyl (C=O) groups excluding carboxylic acids is 2. The number of nitrogens with one attached hydrogen (secondary N) is 1. The molecule has 1 atom stereocenters. The Morgan fingerprint density at radius 3 is 2.39 bits per heavy atom. The maximum absolute atomic E-state index is 12.2. The average molecular weight is 323 g/mol. The zero-order valence-corrected chi connectivity index (χ0v) is 13.9. The van der Waals surface area contributed by atoms with Crippen LogP contribution >= 0.6 is 0 Å². The van der Waals surface area contributed by atoms with Gasteiger partial charge >= 0.3 is 6.03 Å². The number of aromatic nitrogens is 2. The monoisotopic (exact) mass is 323 g/mol. The summed E-state index contributed by atoms with van der Waals surface area (Å²) in [5.41, 5.74) is 0.665. The summed E-state index contributed by atoms with van der Waals surface area (Å²) in [5, 5.41) is 16.3. The third kappa shape index (κ3) is 4.69. The SMILES string of the molecule is CC(C)Cn1cc(NC(=O)N2CCN(C(=O)C(C)O)CC2)cn1. The Hall–Kier alpha value is -2.09. The highest BCUT2D eigenvalue weighted by Crippen LogP contribution is 2.10. The van der Waals surface area contributed by atoms with Crippen LogP contribution in [-0.2, 0) is 11.3 Å². The topological polar surface area (TPSA) is 90.7 Å². The lowest BCUT2D eigenvalue weighted by molar-refractivity contribution is -0.140. The van der Waals surface area contributed by atoms with E-state index in [0.29, 0.717) is 37.8 Å². The lowest BCUT2D eigenvalue weighted by atomic mass is 10.2. The van der Waals surface area contributed by atoms with Crippen molar-refractivity contribution in [1.82, 2.24) is 19.6 Å². The van der Waals surface area contributed by atoms with Gasteiger partial charge in [0.1, 0.15) is 6.10 Å². The molecule has 0 spiro atoms. The van der Waals surface area contributed by atoms with E-state index in [1.807, 2.05) is 6.20 Å². The lowest BCUT2D eigenvalue weighted by Crippen LogP contribution is -2.53. The van der Waals surface area contributed by atoms with E-state index < -0.39 is 6.10 Å². The molecule has 1 aliphatic heterocycles. The lowest BCUT2D eigenvalue weighted by Gasteiger charge is -2.35. The molecule has 3 amide bonds. The molecule has 23 heavy (non-hydrogen) atoms. The van der Waals surface area contributed by atoms with Gasteiger partial charge in [-0.1, -0.05) is 13.8 Å². The van der Waals surface area contributed by atoms with E-state index in [2.05, 4.69) is 24.3 Å². The smallest absolute Gasteiger partial charge is 0.322 e. The number of urea groups is 1. The van der Waals surface area contributed by atoms with Crippen molar-refractivity contribution in [1.29, 1.82) is 0 Å². The molecule has 1 saturated heterocycles. The molecule has 0 aliphatic carbocycles. The summed E-state index contributed by atoms with van der Waals surface area (Å²) in [4.78, 5) is 27.2. The highest BCUT2D eigenvalue weighted by Gasteiger charge is 2.26. The standard InChI is InChI=1S/C15H25N5O3/c1-11(2)9-20-10-13(8-16-20)17-15(23)19-6-4-18(5-7-19)14(22)12(3)21/h8,10-12,21H,4-7,9H2,1-3H3,(H,17,23). The summed E-state index contributed by atoms with van der Waals surface area (Å²) in [6.07, 6.45) is 2.45. The first kappa shape index (κ1) is 17.3. The molecule has 0 aromatic carbocycles. The van der Waals surface area contributed by atoms with Crippen LogP contribution in [0.3, 0.4) is 0 Å². The highest BCUT2D eigenvalue weighted by molar-refractivity contribution is 5.89. The van der Waals surface area contributed by atoms with Gasteiger partial charge < -0.3 is 20.2 Å². The number of hydrogen-bond donors (Lipinski definition) is 2. The molecule has 1 aliphatic rings. The molecule has 1 unspecified atom stereocenters. The maximum Gasteiger partial charge on any atom is 0.322 e. The molecule has 8 heteroatoms. The van der Waals surface area contributed by atoms with Crippen LogP contribution in [-0.4, -0.2) is 68.9 Å². The largest absolute Gasteiger partial charge is 0.384 e. The third-order valence-electron chi connectivity index (χ3n) is 3.67. The number of nitrogens with zero attached hydrogens (tertiary/aromatic N) is 4. The average Bonchev–Trinajstić information content (AvgIpc) is 2.92. The van der Waals surface area contributed by atoms with Gasteiger partial charge in [-0.2, -0.15) is 5.10 Å². The van der Waals surface area contributed by atoms with Crippen molar-refractivity contribution in [2.24, 2.45) is 5.92 Å². The molecular weight excluding hydrogens is 298 g/mol. The molecule has 8 nitrogen and oxygen atoms in total. The molecule has 1 aromatic rings. The first-order valence-corrected chi connectivity index (χ1v) is 7.92. The fourth-order valence-corrected chi connectivity index (χ4v) is 2.50. The zero-order chi connectivity index (χ0) is 17.0. The quantitative estimate of drug-likeness (QED) is 0.849. The van der Waals surface area contributed by atoms with Gasteiger partial charge in [0.25, 0.3) is 5.91 Å². The van der Waals surface area contributed by atoms with E-state index in [-0.39, 0.29) is 11.9 Å². The number of carbonyl (C=O) groups is 2. The van der Waals surface area contributed by atoms with E-state index in [1.165, 1.54) is 6.92 Å². The number of hydrogen-bond acceptors (Lipinski definition) is 4. The molecule has 2 N–H and O–H groups in total. The van der Waals surface area contributed by atoms with Crippen LogP contribution in [0.4, 0.5) is 10.5 Å². The predicted molar refractivity (Wildman–Crippen MR) is 85.9 cm³/mol. The van der Waals surface area contributed by atoms with Crippen LogP contribution in [0.2, 0.25) is 0 Å². The van der Waals surface area contributed by atoms with Crippen molar-refractivity contribution in [2.75, 3.05) is 31.5 Å². The van der Waals surface area contributed by atoms with Gasteiger partial charge in [-0.3, -0.25) is 9.48 Å². The van der Waals surface area contributed by atoms with Crippen molar-refractivity contribution in [3.63, 3.8) is 0 Å². The van der Waals surface area contributed by atoms with Crippen LogP contribution < -0.4 is 5.32 Å². The highest BCUT2D eigenvalue weighted by atomic mass is 16.3. The molecule has 2 rings (SSSR count). The maximum atomic E-state index is 12.2. The van der Waals surface area contributed by atoms with E-state index in [4.69, 9.17) is 0 Å². The predicted octanol–water partition coefficient (Wildman–Crippen LogP) is 0.596. The minimum atomic E-state index is -0.998. The minimum absolute atomic E-state index is 0.196. The van der Waals surface area contributed by atoms with Crippen molar-refractivity contribution in [3.05, 3.63) is 12.4 Å². The fraction of sp³-hybridized carbons (Fsp3) is 0.667. The third-order valence-corrected chi connectivity index (χ3v) is 3.67. The Labute approximate surface area is 136 Å². The number of aliphatic hydroxyl groups excluding tert-OH is 1. The van der Waals surface area contributed by atoms with Crippen molar-refractivity contribution in [3.8, 4) is 0 Å². The summed E-state index contributed by atoms with van der Waals surface area (Å²) < 4.78 is 1.81. The van der Waals surface area contributed by atoms with E-state index in [9.17, 15) is 14.7 Å². The van der Waals surface area contributed by atoms with E-state index >= 15 is 0 Å². The summed E-state index contributed by atoms with van der Waals surface area (Å²) in [7, 11) is 0. The Morgan fingerprint density at radius 1 is 1.22 bits per heavy atom. The normalized spacial score (nSPS) is 16.6. The molecular formula is C15H25N5O3. The summed E-state index contributed by atoms with van der Waals surface area (Å²) in [6, 6.07) is -0.196. The number of aliphatic hydroxyl groups is 1. The number of amides is 3. The van der Waals surface area contributed by atoms with Gasteiger partial charge in [-0.25, -0.2) is 4.79 Å². The fourth-order valence-electron chi connectivity index (χ4n) is 2.50. The molecule has 1 aromatic heterocycles. The second-order valence-electron chi connectivity index (χ2n) is 6.26. The van der Waals surface area contributed by atoms with Gasteiger partial charge in [0.15, 0.2) is 0 Å². The van der Waals surface area contributed by atoms with Gasteiger partial charge in [0, 0.05) is 38.9 Å². The second kappa shape index (κ2) is 7.45. The van der Waals surface area contributed by atoms with Gasteiger partial charge in [-0.05, 0) is 12.8 Å². The molecule has 0 saturated carbocycles. The molecule has 2 heterocycles. The molecule has 0 radical (unpaired) electrons. The first-order valence-electron chi connectivity index (χ1n) is 7.92. The van der Waals surface area contributed by atoms with Crippen LogP contribution in [0.5, 0.6) is 0 Å². The van der Waals surface area contributed by atoms with Crippen LogP contribution in [0.15, 0.2) is 12.4 Å². The summed E-state index contributed by atoms with van der Waals surface area (Å²) in [6.45, 7) is 8.23. The molecule has 1 fully saturated rings. The Bertz CT molecular complexity index is 547. The van der Waals surface area contributed by atoms with Crippen LogP contribution in [0.25, 0.3) is 0 Å². The zero-order valence-electron chi connectivity index (χ0n) is 13.9. The summed E-state index contributed by atoms with van der Waals surface area (Å²) in [5.74, 6) is 0.193. The Kier molecular flexibility index (Phi) is 5.59. The van der Waals surface area contributed by atoms with Crippen LogP contribution in [0, 0.1) is 5.92 Å². The summed E-state index contributed by atoms with van der Waals surface area (Å²) >= 11 is 0. The van der Waals surface area contributed by atoms with Crippen molar-refractivity contribution >= 4 is 17.6 Å². The number of anilines is 1. The van der Waals surface area contributed by atoms with Crippen molar-refractivity contribution in [2.45, 2.75) is 33.4 Å². The number of piperazine rings is 1. The Morgan fingerprint density at radius 2 is 1.83 bits per heavy atom. The van der Waals surface area contributed by atoms with Crippen LogP contribution in [0.1, 0.15) is 20.8 Å². The number of rotatable bonds is 4. The van der Waals surface area contributed by atoms with Gasteiger partial charge in [0.05, 0.1) is 11.9 Å². The second-order valence-corrected chi connectivity index (χ2v) is 6.26. The van der Waals surface area contributed by atoms with Gasteiger partial charge in [0.2, 0.25) is 0 Å². The van der Waals surface area contributed by atoms with Gasteiger partial charge in [-0.15, -0.1) is 0 Å². The molecule has 0 bridgehead atoms. The Balaban J connectivity index is 1.83. The molecule has 128 valence electrons. The van der Waals surface area contributed by atoms with E-state index in [0.717, 1.165) is 6.54 Å². The van der Waals surface area contributed by atoms with Crippen molar-refractivity contribution < 1.29 is 14.7 Å². The van der Waals surface area contributed by atoms with E-state index in [1.54, 1.807) is 20.7 Å². The first-order chi connectivity index (χ1) is 10.9.